The van der Waals surface area contributed by atoms with Crippen molar-refractivity contribution in [2.45, 2.75) is 44.6 Å². The lowest BCUT2D eigenvalue weighted by atomic mass is 9.90. The first kappa shape index (κ1) is 15.7. The molecule has 1 aliphatic carbocycles. The molecule has 2 aliphatic rings. The highest BCUT2D eigenvalue weighted by Crippen LogP contribution is 2.31. The van der Waals surface area contributed by atoms with Crippen molar-refractivity contribution in [1.82, 2.24) is 4.90 Å². The summed E-state index contributed by atoms with van der Waals surface area (Å²) in [5.74, 6) is 1.84. The molecule has 0 radical (unpaired) electrons. The van der Waals surface area contributed by atoms with Crippen LogP contribution in [-0.2, 0) is 0 Å². The quantitative estimate of drug-likeness (QED) is 0.844. The monoisotopic (exact) mass is 326 g/mol. The molecule has 1 aromatic heterocycles. The van der Waals surface area contributed by atoms with Crippen molar-refractivity contribution in [2.24, 2.45) is 5.92 Å². The first-order valence-electron chi connectivity index (χ1n) is 9.15. The highest BCUT2D eigenvalue weighted by Gasteiger charge is 2.30. The second-order valence-electron chi connectivity index (χ2n) is 7.20. The average Bonchev–Trinajstić information content (AvgIpc) is 3.30. The maximum Gasteiger partial charge on any atom is 0.149 e. The van der Waals surface area contributed by atoms with E-state index in [1.54, 1.807) is 7.11 Å². The van der Waals surface area contributed by atoms with Crippen LogP contribution in [0.4, 0.5) is 0 Å². The van der Waals surface area contributed by atoms with Crippen molar-refractivity contribution in [3.63, 3.8) is 0 Å². The topological polar surface area (TPSA) is 49.5 Å². The zero-order chi connectivity index (χ0) is 16.5. The van der Waals surface area contributed by atoms with Crippen LogP contribution < -0.4 is 4.74 Å². The Hall–Kier alpha value is -1.81. The van der Waals surface area contributed by atoms with Gasteiger partial charge in [-0.1, -0.05) is 12.8 Å². The van der Waals surface area contributed by atoms with Crippen molar-refractivity contribution < 1.29 is 9.15 Å². The molecule has 0 amide bonds. The third kappa shape index (κ3) is 2.95. The number of hydrogen-bond donors (Lipinski definition) is 1. The fourth-order valence-corrected chi connectivity index (χ4v) is 4.33. The molecular weight excluding hydrogens is 300 g/mol. The maximum atomic E-state index is 8.66. The van der Waals surface area contributed by atoms with Crippen molar-refractivity contribution in [1.29, 1.82) is 5.41 Å². The zero-order valence-corrected chi connectivity index (χ0v) is 14.4. The summed E-state index contributed by atoms with van der Waals surface area (Å²) < 4.78 is 11.2. The lowest BCUT2D eigenvalue weighted by Gasteiger charge is -2.36. The molecule has 4 nitrogen and oxygen atoms in total. The summed E-state index contributed by atoms with van der Waals surface area (Å²) in [6.07, 6.45) is 7.71. The van der Waals surface area contributed by atoms with Crippen LogP contribution in [0.25, 0.3) is 11.0 Å². The van der Waals surface area contributed by atoms with Gasteiger partial charge in [-0.15, -0.1) is 0 Å². The number of methoxy groups -OCH3 is 1. The van der Waals surface area contributed by atoms with Crippen LogP contribution in [0, 0.1) is 11.3 Å². The second-order valence-corrected chi connectivity index (χ2v) is 7.20. The predicted molar refractivity (Wildman–Crippen MR) is 96.1 cm³/mol. The molecular formula is C20H26N2O2. The lowest BCUT2D eigenvalue weighted by molar-refractivity contribution is 0.146. The number of likely N-dealkylation sites (tertiary alicyclic amines) is 1. The van der Waals surface area contributed by atoms with E-state index in [1.807, 2.05) is 24.3 Å². The molecule has 4 heteroatoms. The number of hydrogen-bond acceptors (Lipinski definition) is 4. The summed E-state index contributed by atoms with van der Waals surface area (Å²) in [7, 11) is 1.67. The normalized spacial score (nSPS) is 23.0. The van der Waals surface area contributed by atoms with Gasteiger partial charge in [0.1, 0.15) is 17.1 Å². The molecule has 128 valence electrons. The van der Waals surface area contributed by atoms with Gasteiger partial charge in [-0.05, 0) is 56.5 Å². The van der Waals surface area contributed by atoms with E-state index in [-0.39, 0.29) is 0 Å². The molecule has 2 aromatic rings. The molecule has 1 aliphatic heterocycles. The van der Waals surface area contributed by atoms with Crippen LogP contribution in [0.2, 0.25) is 0 Å². The summed E-state index contributed by atoms with van der Waals surface area (Å²) in [6.45, 7) is 2.22. The van der Waals surface area contributed by atoms with Gasteiger partial charge in [0.2, 0.25) is 0 Å². The summed E-state index contributed by atoms with van der Waals surface area (Å²) >= 11 is 0. The Morgan fingerprint density at radius 3 is 2.79 bits per heavy atom. The van der Waals surface area contributed by atoms with E-state index < -0.39 is 0 Å². The fraction of sp³-hybridized carbons (Fsp3) is 0.550. The molecule has 2 heterocycles. The number of ether oxygens (including phenoxy) is 1. The number of rotatable bonds is 4. The maximum absolute atomic E-state index is 8.66. The van der Waals surface area contributed by atoms with E-state index in [0.717, 1.165) is 41.5 Å². The number of furan rings is 1. The van der Waals surface area contributed by atoms with E-state index in [2.05, 4.69) is 4.90 Å². The van der Waals surface area contributed by atoms with Gasteiger partial charge in [-0.25, -0.2) is 0 Å². The Morgan fingerprint density at radius 1 is 1.17 bits per heavy atom. The van der Waals surface area contributed by atoms with Crippen LogP contribution in [-0.4, -0.2) is 36.9 Å². The predicted octanol–water partition coefficient (Wildman–Crippen LogP) is 4.46. The van der Waals surface area contributed by atoms with E-state index in [9.17, 15) is 0 Å². The Balaban J connectivity index is 1.52. The molecule has 0 spiro atoms. The van der Waals surface area contributed by atoms with Gasteiger partial charge in [0.05, 0.1) is 12.8 Å². The SMILES string of the molecule is COc1ccc2oc(C(=N)C3CCCN(C4CCCC4)C3)cc2c1. The average molecular weight is 326 g/mol. The van der Waals surface area contributed by atoms with Crippen molar-refractivity contribution >= 4 is 16.7 Å². The number of fused-ring (bicyclic) bond motifs is 1. The second kappa shape index (κ2) is 6.60. The summed E-state index contributed by atoms with van der Waals surface area (Å²) in [5.41, 5.74) is 1.49. The molecule has 1 saturated carbocycles. The third-order valence-electron chi connectivity index (χ3n) is 5.69. The number of benzene rings is 1. The minimum Gasteiger partial charge on any atom is -0.497 e. The number of nitrogens with zero attached hydrogens (tertiary/aromatic N) is 1. The minimum atomic E-state index is 0.293. The van der Waals surface area contributed by atoms with Gasteiger partial charge in [0.25, 0.3) is 0 Å². The molecule has 2 fully saturated rings. The molecule has 1 N–H and O–H groups in total. The Morgan fingerprint density at radius 2 is 2.00 bits per heavy atom. The van der Waals surface area contributed by atoms with Gasteiger partial charge in [0.15, 0.2) is 0 Å². The van der Waals surface area contributed by atoms with Crippen LogP contribution in [0.3, 0.4) is 0 Å². The van der Waals surface area contributed by atoms with Gasteiger partial charge in [-0.2, -0.15) is 0 Å². The summed E-state index contributed by atoms with van der Waals surface area (Å²) in [6, 6.07) is 8.55. The largest absolute Gasteiger partial charge is 0.497 e. The zero-order valence-electron chi connectivity index (χ0n) is 14.4. The van der Waals surface area contributed by atoms with Gasteiger partial charge in [-0.3, -0.25) is 4.90 Å². The molecule has 24 heavy (non-hydrogen) atoms. The number of piperidine rings is 1. The lowest BCUT2D eigenvalue weighted by Crippen LogP contribution is -2.43. The van der Waals surface area contributed by atoms with E-state index in [0.29, 0.717) is 11.6 Å². The number of nitrogens with one attached hydrogen (secondary N) is 1. The Labute approximate surface area is 143 Å². The molecule has 1 atom stereocenters. The standard InChI is InChI=1S/C20H26N2O2/c1-23-17-8-9-18-15(11-17)12-19(24-18)20(21)14-5-4-10-22(13-14)16-6-2-3-7-16/h8-9,11-12,14,16,21H,2-7,10,13H2,1H3. The van der Waals surface area contributed by atoms with Gasteiger partial charge >= 0.3 is 0 Å². The third-order valence-corrected chi connectivity index (χ3v) is 5.69. The smallest absolute Gasteiger partial charge is 0.149 e. The highest BCUT2D eigenvalue weighted by molar-refractivity contribution is 6.01. The summed E-state index contributed by atoms with van der Waals surface area (Å²) in [4.78, 5) is 2.63. The van der Waals surface area contributed by atoms with Crippen LogP contribution in [0.1, 0.15) is 44.3 Å². The van der Waals surface area contributed by atoms with Gasteiger partial charge in [0, 0.05) is 23.9 Å². The van der Waals surface area contributed by atoms with E-state index in [4.69, 9.17) is 14.6 Å². The van der Waals surface area contributed by atoms with E-state index in [1.165, 1.54) is 38.6 Å². The molecule has 1 saturated heterocycles. The highest BCUT2D eigenvalue weighted by atomic mass is 16.5. The van der Waals surface area contributed by atoms with Crippen LogP contribution in [0.5, 0.6) is 5.75 Å². The molecule has 1 unspecified atom stereocenters. The Kier molecular flexibility index (Phi) is 4.31. The first-order valence-corrected chi connectivity index (χ1v) is 9.15. The first-order chi connectivity index (χ1) is 11.7. The van der Waals surface area contributed by atoms with Crippen molar-refractivity contribution in [3.8, 4) is 5.75 Å². The van der Waals surface area contributed by atoms with E-state index >= 15 is 0 Å². The van der Waals surface area contributed by atoms with Crippen LogP contribution in [0.15, 0.2) is 28.7 Å². The molecule has 0 bridgehead atoms. The minimum absolute atomic E-state index is 0.293. The fourth-order valence-electron chi connectivity index (χ4n) is 4.33. The van der Waals surface area contributed by atoms with Gasteiger partial charge < -0.3 is 14.6 Å². The Bertz CT molecular complexity index is 730. The van der Waals surface area contributed by atoms with Crippen LogP contribution >= 0.6 is 0 Å². The molecule has 1 aromatic carbocycles. The molecule has 4 rings (SSSR count). The summed E-state index contributed by atoms with van der Waals surface area (Å²) in [5, 5.41) is 9.68. The van der Waals surface area contributed by atoms with Crippen molar-refractivity contribution in [2.75, 3.05) is 20.2 Å². The van der Waals surface area contributed by atoms with Crippen molar-refractivity contribution in [3.05, 3.63) is 30.0 Å².